The van der Waals surface area contributed by atoms with E-state index in [2.05, 4.69) is 20.8 Å². The van der Waals surface area contributed by atoms with Crippen molar-refractivity contribution < 1.29 is 9.59 Å². The molecule has 112 valence electrons. The van der Waals surface area contributed by atoms with Gasteiger partial charge in [-0.15, -0.1) is 0 Å². The number of piperazine rings is 1. The maximum atomic E-state index is 12.9. The molecular weight excluding hydrogens is 252 g/mol. The lowest BCUT2D eigenvalue weighted by Gasteiger charge is -2.53. The van der Waals surface area contributed by atoms with E-state index in [1.807, 2.05) is 9.80 Å². The van der Waals surface area contributed by atoms with Gasteiger partial charge in [0.25, 0.3) is 0 Å². The van der Waals surface area contributed by atoms with Crippen LogP contribution in [0.2, 0.25) is 0 Å². The summed E-state index contributed by atoms with van der Waals surface area (Å²) in [4.78, 5) is 29.6. The average molecular weight is 278 g/mol. The number of fused-ring (bicyclic) bond motifs is 1. The first-order valence-corrected chi connectivity index (χ1v) is 8.13. The topological polar surface area (TPSA) is 40.6 Å². The van der Waals surface area contributed by atoms with Gasteiger partial charge in [-0.3, -0.25) is 9.59 Å². The Morgan fingerprint density at radius 3 is 2.40 bits per heavy atom. The zero-order chi connectivity index (χ0) is 14.4. The second kappa shape index (κ2) is 5.05. The van der Waals surface area contributed by atoms with Gasteiger partial charge in [0, 0.05) is 12.6 Å². The molecule has 3 aliphatic rings. The molecule has 0 bridgehead atoms. The highest BCUT2D eigenvalue weighted by Crippen LogP contribution is 2.38. The molecule has 2 saturated heterocycles. The molecule has 2 aliphatic heterocycles. The summed E-state index contributed by atoms with van der Waals surface area (Å²) in [5.74, 6) is 1.31. The molecule has 2 atom stereocenters. The highest BCUT2D eigenvalue weighted by Gasteiger charge is 2.51. The number of hydrogen-bond donors (Lipinski definition) is 0. The van der Waals surface area contributed by atoms with Crippen LogP contribution in [0.1, 0.15) is 52.9 Å². The van der Waals surface area contributed by atoms with Crippen LogP contribution in [-0.4, -0.2) is 46.3 Å². The van der Waals surface area contributed by atoms with Crippen LogP contribution >= 0.6 is 0 Å². The molecule has 0 radical (unpaired) electrons. The Bertz CT molecular complexity index is 415. The number of piperidine rings is 1. The van der Waals surface area contributed by atoms with Gasteiger partial charge >= 0.3 is 0 Å². The van der Waals surface area contributed by atoms with E-state index >= 15 is 0 Å². The van der Waals surface area contributed by atoms with Crippen LogP contribution in [0, 0.1) is 11.8 Å². The van der Waals surface area contributed by atoms with E-state index in [-0.39, 0.29) is 29.8 Å². The van der Waals surface area contributed by atoms with Gasteiger partial charge in [0.15, 0.2) is 0 Å². The fourth-order valence-electron chi connectivity index (χ4n) is 4.15. The molecule has 0 aromatic carbocycles. The largest absolute Gasteiger partial charge is 0.329 e. The van der Waals surface area contributed by atoms with E-state index in [0.29, 0.717) is 12.0 Å². The van der Waals surface area contributed by atoms with Crippen LogP contribution in [0.5, 0.6) is 0 Å². The summed E-state index contributed by atoms with van der Waals surface area (Å²) in [5, 5.41) is 0. The summed E-state index contributed by atoms with van der Waals surface area (Å²) in [6.45, 7) is 7.13. The number of hydrogen-bond acceptors (Lipinski definition) is 2. The fraction of sp³-hybridized carbons (Fsp3) is 0.875. The van der Waals surface area contributed by atoms with Gasteiger partial charge in [-0.2, -0.15) is 0 Å². The third-order valence-electron chi connectivity index (χ3n) is 5.25. The Hall–Kier alpha value is -1.06. The van der Waals surface area contributed by atoms with Crippen molar-refractivity contribution in [3.8, 4) is 0 Å². The number of carbonyl (C=O) groups excluding carboxylic acids is 2. The quantitative estimate of drug-likeness (QED) is 0.775. The maximum absolute atomic E-state index is 12.9. The molecule has 0 N–H and O–H groups in total. The van der Waals surface area contributed by atoms with Gasteiger partial charge in [-0.25, -0.2) is 0 Å². The van der Waals surface area contributed by atoms with Crippen LogP contribution in [0.25, 0.3) is 0 Å². The molecule has 0 spiro atoms. The van der Waals surface area contributed by atoms with Gasteiger partial charge in [0.2, 0.25) is 11.8 Å². The highest BCUT2D eigenvalue weighted by atomic mass is 16.2. The molecule has 20 heavy (non-hydrogen) atoms. The SMILES string of the molecule is CC1CC(N2C(=O)C3CCCCN3C(=O)C2C(C)C)C1. The molecule has 1 saturated carbocycles. The van der Waals surface area contributed by atoms with Crippen LogP contribution in [-0.2, 0) is 9.59 Å². The standard InChI is InChI=1S/C16H26N2O2/c1-10(2)14-16(20)17-7-5-4-6-13(17)15(19)18(14)12-8-11(3)9-12/h10-14H,4-9H2,1-3H3. The molecule has 2 heterocycles. The minimum atomic E-state index is -0.227. The molecule has 4 heteroatoms. The number of nitrogens with zero attached hydrogens (tertiary/aromatic N) is 2. The smallest absolute Gasteiger partial charge is 0.246 e. The third kappa shape index (κ3) is 2.04. The molecule has 0 aromatic rings. The van der Waals surface area contributed by atoms with Crippen molar-refractivity contribution in [2.75, 3.05) is 6.54 Å². The Balaban J connectivity index is 1.89. The van der Waals surface area contributed by atoms with Crippen LogP contribution in [0.15, 0.2) is 0 Å². The van der Waals surface area contributed by atoms with Gasteiger partial charge in [0.1, 0.15) is 12.1 Å². The van der Waals surface area contributed by atoms with Crippen molar-refractivity contribution in [1.82, 2.24) is 9.80 Å². The van der Waals surface area contributed by atoms with E-state index in [4.69, 9.17) is 0 Å². The number of amides is 2. The van der Waals surface area contributed by atoms with E-state index in [1.165, 1.54) is 0 Å². The summed E-state index contributed by atoms with van der Waals surface area (Å²) < 4.78 is 0. The van der Waals surface area contributed by atoms with Crippen molar-refractivity contribution in [2.24, 2.45) is 11.8 Å². The molecule has 3 fully saturated rings. The summed E-state index contributed by atoms with van der Waals surface area (Å²) in [5.41, 5.74) is 0. The van der Waals surface area contributed by atoms with Gasteiger partial charge in [-0.1, -0.05) is 20.8 Å². The zero-order valence-electron chi connectivity index (χ0n) is 12.8. The summed E-state index contributed by atoms with van der Waals surface area (Å²) in [7, 11) is 0. The van der Waals surface area contributed by atoms with Crippen LogP contribution in [0.3, 0.4) is 0 Å². The molecule has 1 aliphatic carbocycles. The maximum Gasteiger partial charge on any atom is 0.246 e. The second-order valence-electron chi connectivity index (χ2n) is 7.21. The molecule has 2 unspecified atom stereocenters. The van der Waals surface area contributed by atoms with Gasteiger partial charge in [0.05, 0.1) is 0 Å². The monoisotopic (exact) mass is 278 g/mol. The Labute approximate surface area is 121 Å². The van der Waals surface area contributed by atoms with Crippen molar-refractivity contribution in [1.29, 1.82) is 0 Å². The zero-order valence-corrected chi connectivity index (χ0v) is 12.8. The average Bonchev–Trinajstić information content (AvgIpc) is 2.39. The van der Waals surface area contributed by atoms with Gasteiger partial charge < -0.3 is 9.80 Å². The fourth-order valence-corrected chi connectivity index (χ4v) is 4.15. The summed E-state index contributed by atoms with van der Waals surface area (Å²) in [6, 6.07) is -0.0885. The first kappa shape index (κ1) is 13.9. The summed E-state index contributed by atoms with van der Waals surface area (Å²) >= 11 is 0. The second-order valence-corrected chi connectivity index (χ2v) is 7.21. The lowest BCUT2D eigenvalue weighted by molar-refractivity contribution is -0.172. The highest BCUT2D eigenvalue weighted by molar-refractivity contribution is 5.97. The third-order valence-corrected chi connectivity index (χ3v) is 5.25. The molecule has 4 nitrogen and oxygen atoms in total. The van der Waals surface area contributed by atoms with E-state index in [0.717, 1.165) is 38.6 Å². The predicted octanol–water partition coefficient (Wildman–Crippen LogP) is 2.03. The molecule has 0 aromatic heterocycles. The number of carbonyl (C=O) groups is 2. The Morgan fingerprint density at radius 2 is 1.80 bits per heavy atom. The first-order valence-electron chi connectivity index (χ1n) is 8.13. The van der Waals surface area contributed by atoms with E-state index < -0.39 is 0 Å². The lowest BCUT2D eigenvalue weighted by atomic mass is 9.77. The molecular formula is C16H26N2O2. The number of rotatable bonds is 2. The first-order chi connectivity index (χ1) is 9.50. The van der Waals surface area contributed by atoms with E-state index in [9.17, 15) is 9.59 Å². The Morgan fingerprint density at radius 1 is 1.10 bits per heavy atom. The molecule has 3 rings (SSSR count). The van der Waals surface area contributed by atoms with E-state index in [1.54, 1.807) is 0 Å². The summed E-state index contributed by atoms with van der Waals surface area (Å²) in [6.07, 6.45) is 5.10. The Kier molecular flexibility index (Phi) is 3.51. The van der Waals surface area contributed by atoms with Crippen molar-refractivity contribution in [3.63, 3.8) is 0 Å². The van der Waals surface area contributed by atoms with Crippen LogP contribution in [0.4, 0.5) is 0 Å². The minimum Gasteiger partial charge on any atom is -0.329 e. The van der Waals surface area contributed by atoms with Gasteiger partial charge in [-0.05, 0) is 43.9 Å². The minimum absolute atomic E-state index is 0.165. The van der Waals surface area contributed by atoms with Crippen molar-refractivity contribution in [3.05, 3.63) is 0 Å². The normalized spacial score (nSPS) is 38.0. The van der Waals surface area contributed by atoms with Crippen molar-refractivity contribution in [2.45, 2.75) is 71.0 Å². The lowest BCUT2D eigenvalue weighted by Crippen LogP contribution is -2.70. The molecule has 2 amide bonds. The van der Waals surface area contributed by atoms with Crippen LogP contribution < -0.4 is 0 Å². The predicted molar refractivity (Wildman–Crippen MR) is 77.0 cm³/mol. The van der Waals surface area contributed by atoms with Crippen molar-refractivity contribution >= 4 is 11.8 Å².